The second kappa shape index (κ2) is 3.30. The van der Waals surface area contributed by atoms with E-state index in [0.29, 0.717) is 17.5 Å². The van der Waals surface area contributed by atoms with E-state index in [1.807, 2.05) is 19.1 Å². The van der Waals surface area contributed by atoms with E-state index in [2.05, 4.69) is 15.4 Å². The molecule has 0 amide bonds. The number of benzene rings is 1. The summed E-state index contributed by atoms with van der Waals surface area (Å²) in [5.74, 6) is 0.389. The molecule has 1 N–H and O–H groups in total. The van der Waals surface area contributed by atoms with Crippen LogP contribution in [0.3, 0.4) is 0 Å². The molecule has 5 nitrogen and oxygen atoms in total. The van der Waals surface area contributed by atoms with E-state index in [-0.39, 0.29) is 17.5 Å². The molecule has 3 aliphatic carbocycles. The number of ketones is 2. The van der Waals surface area contributed by atoms with Crippen molar-refractivity contribution in [3.63, 3.8) is 0 Å². The molecular weight excluding hydrogens is 266 g/mol. The molecule has 2 aromatic rings. The van der Waals surface area contributed by atoms with Gasteiger partial charge in [0.1, 0.15) is 5.52 Å². The maximum Gasteiger partial charge on any atom is 0.176 e. The van der Waals surface area contributed by atoms with Crippen molar-refractivity contribution in [2.45, 2.75) is 26.2 Å². The van der Waals surface area contributed by atoms with E-state index in [1.54, 1.807) is 0 Å². The lowest BCUT2D eigenvalue weighted by Gasteiger charge is -2.29. The van der Waals surface area contributed by atoms with Gasteiger partial charge in [-0.2, -0.15) is 0 Å². The average Bonchev–Trinajstić information content (AvgIpc) is 3.15. The van der Waals surface area contributed by atoms with E-state index >= 15 is 0 Å². The minimum Gasteiger partial charge on any atom is -0.294 e. The van der Waals surface area contributed by atoms with Crippen LogP contribution in [0.1, 0.15) is 42.1 Å². The Morgan fingerprint density at radius 2 is 2.19 bits per heavy atom. The van der Waals surface area contributed by atoms with Crippen LogP contribution in [-0.2, 0) is 4.79 Å². The Hall–Kier alpha value is -2.30. The van der Waals surface area contributed by atoms with Gasteiger partial charge in [0, 0.05) is 5.92 Å². The number of carbonyl (C=O) groups excluding carboxylic acids is 2. The number of rotatable bonds is 0. The van der Waals surface area contributed by atoms with E-state index in [0.717, 1.165) is 35.1 Å². The second-order valence-electron chi connectivity index (χ2n) is 6.41. The summed E-state index contributed by atoms with van der Waals surface area (Å²) in [5, 5.41) is 10.7. The van der Waals surface area contributed by atoms with Crippen LogP contribution in [0, 0.1) is 11.3 Å². The Morgan fingerprint density at radius 3 is 3.05 bits per heavy atom. The Labute approximate surface area is 120 Å². The van der Waals surface area contributed by atoms with Gasteiger partial charge in [-0.15, -0.1) is 5.10 Å². The van der Waals surface area contributed by atoms with Crippen molar-refractivity contribution >= 4 is 28.2 Å². The van der Waals surface area contributed by atoms with Gasteiger partial charge in [0.25, 0.3) is 0 Å². The largest absolute Gasteiger partial charge is 0.294 e. The highest BCUT2D eigenvalue weighted by Crippen LogP contribution is 2.62. The van der Waals surface area contributed by atoms with Crippen molar-refractivity contribution in [3.8, 4) is 0 Å². The third-order valence-electron chi connectivity index (χ3n) is 5.54. The summed E-state index contributed by atoms with van der Waals surface area (Å²) in [4.78, 5) is 25.6. The van der Waals surface area contributed by atoms with Crippen LogP contribution in [0.25, 0.3) is 16.6 Å². The molecule has 1 aromatic carbocycles. The number of carbonyl (C=O) groups is 2. The maximum atomic E-state index is 13.1. The quantitative estimate of drug-likeness (QED) is 0.802. The van der Waals surface area contributed by atoms with Gasteiger partial charge >= 0.3 is 0 Å². The summed E-state index contributed by atoms with van der Waals surface area (Å²) in [6.45, 7) is 1.87. The molecule has 2 unspecified atom stereocenters. The highest BCUT2D eigenvalue weighted by molar-refractivity contribution is 6.26. The number of nitrogens with one attached hydrogen (secondary N) is 1. The fourth-order valence-electron chi connectivity index (χ4n) is 4.66. The lowest BCUT2D eigenvalue weighted by Crippen LogP contribution is -2.30. The smallest absolute Gasteiger partial charge is 0.176 e. The van der Waals surface area contributed by atoms with Crippen LogP contribution >= 0.6 is 0 Å². The van der Waals surface area contributed by atoms with Crippen LogP contribution in [0.5, 0.6) is 0 Å². The molecule has 2 atom stereocenters. The number of hydrogen-bond acceptors (Lipinski definition) is 4. The number of allylic oxidation sites excluding steroid dienone is 2. The average molecular weight is 279 g/mol. The minimum atomic E-state index is -0.474. The predicted octanol–water partition coefficient (Wildman–Crippen LogP) is 2.30. The molecule has 1 aromatic heterocycles. The number of Topliss-reactive ketones (excluding diaryl/α,β-unsaturated/α-hetero) is 2. The van der Waals surface area contributed by atoms with Gasteiger partial charge in [0.2, 0.25) is 0 Å². The molecule has 2 bridgehead atoms. The summed E-state index contributed by atoms with van der Waals surface area (Å²) in [5.41, 5.74) is 4.23. The molecule has 1 saturated carbocycles. The fraction of sp³-hybridized carbons (Fsp3) is 0.375. The minimum absolute atomic E-state index is 0.0276. The molecule has 5 heteroatoms. The van der Waals surface area contributed by atoms with Gasteiger partial charge in [-0.1, -0.05) is 11.3 Å². The molecule has 21 heavy (non-hydrogen) atoms. The Kier molecular flexibility index (Phi) is 1.78. The molecule has 1 spiro atoms. The number of fused-ring (bicyclic) bond motifs is 5. The van der Waals surface area contributed by atoms with E-state index in [1.165, 1.54) is 0 Å². The van der Waals surface area contributed by atoms with Crippen LogP contribution in [-0.4, -0.2) is 27.0 Å². The maximum absolute atomic E-state index is 13.1. The first kappa shape index (κ1) is 11.4. The number of hydrogen-bond donors (Lipinski definition) is 1. The van der Waals surface area contributed by atoms with E-state index in [9.17, 15) is 9.59 Å². The van der Waals surface area contributed by atoms with Crippen molar-refractivity contribution in [3.05, 3.63) is 28.8 Å². The van der Waals surface area contributed by atoms with Gasteiger partial charge in [0.05, 0.1) is 16.5 Å². The van der Waals surface area contributed by atoms with E-state index in [4.69, 9.17) is 0 Å². The highest BCUT2D eigenvalue weighted by Gasteiger charge is 2.59. The lowest BCUT2D eigenvalue weighted by molar-refractivity contribution is -0.119. The van der Waals surface area contributed by atoms with Crippen LogP contribution < -0.4 is 0 Å². The standard InChI is InChI=1S/C16H13N3O2/c1-7-12-9-2-3-10-13(18-19-17-10)11(9)15(21)16(12)5-4-8(6-16)14(7)20/h2-3,8H,4-6H2,1H3,(H,17,18,19). The van der Waals surface area contributed by atoms with Crippen molar-refractivity contribution < 1.29 is 9.59 Å². The molecule has 1 fully saturated rings. The molecule has 104 valence electrons. The fourth-order valence-corrected chi connectivity index (χ4v) is 4.66. The number of aromatic amines is 1. The number of aromatic nitrogens is 3. The van der Waals surface area contributed by atoms with Crippen molar-refractivity contribution in [1.82, 2.24) is 15.4 Å². The van der Waals surface area contributed by atoms with Gasteiger partial charge in [-0.05, 0) is 49.0 Å². The number of H-pyrrole nitrogens is 1. The molecule has 5 rings (SSSR count). The third kappa shape index (κ3) is 1.08. The number of nitrogens with zero attached hydrogens (tertiary/aromatic N) is 2. The van der Waals surface area contributed by atoms with Crippen molar-refractivity contribution in [1.29, 1.82) is 0 Å². The predicted molar refractivity (Wildman–Crippen MR) is 75.6 cm³/mol. The summed E-state index contributed by atoms with van der Waals surface area (Å²) in [6, 6.07) is 3.83. The molecule has 0 saturated heterocycles. The Bertz CT molecular complexity index is 892. The first-order valence-electron chi connectivity index (χ1n) is 7.28. The summed E-state index contributed by atoms with van der Waals surface area (Å²) >= 11 is 0. The summed E-state index contributed by atoms with van der Waals surface area (Å²) in [7, 11) is 0. The second-order valence-corrected chi connectivity index (χ2v) is 6.41. The van der Waals surface area contributed by atoms with Crippen LogP contribution in [0.15, 0.2) is 17.7 Å². The zero-order valence-corrected chi connectivity index (χ0v) is 11.6. The van der Waals surface area contributed by atoms with Crippen LogP contribution in [0.2, 0.25) is 0 Å². The molecule has 1 heterocycles. The summed E-state index contributed by atoms with van der Waals surface area (Å²) < 4.78 is 0. The normalized spacial score (nSPS) is 30.2. The Balaban J connectivity index is 1.94. The first-order chi connectivity index (χ1) is 10.1. The van der Waals surface area contributed by atoms with Crippen LogP contribution in [0.4, 0.5) is 0 Å². The first-order valence-corrected chi connectivity index (χ1v) is 7.28. The SMILES string of the molecule is CC1=C2c3ccc4[nH]nnc4c3C(=O)C23CCC(C3)C1=O. The zero-order chi connectivity index (χ0) is 14.4. The van der Waals surface area contributed by atoms with Gasteiger partial charge in [-0.25, -0.2) is 0 Å². The van der Waals surface area contributed by atoms with Gasteiger partial charge in [-0.3, -0.25) is 14.7 Å². The Morgan fingerprint density at radius 1 is 1.33 bits per heavy atom. The molecule has 3 aliphatic rings. The van der Waals surface area contributed by atoms with Gasteiger partial charge in [0.15, 0.2) is 11.6 Å². The molecule has 0 radical (unpaired) electrons. The summed E-state index contributed by atoms with van der Waals surface area (Å²) in [6.07, 6.45) is 2.27. The van der Waals surface area contributed by atoms with Gasteiger partial charge < -0.3 is 0 Å². The van der Waals surface area contributed by atoms with E-state index < -0.39 is 5.41 Å². The molecule has 0 aliphatic heterocycles. The molecular formula is C16H13N3O2. The zero-order valence-electron chi connectivity index (χ0n) is 11.6. The topological polar surface area (TPSA) is 75.7 Å². The van der Waals surface area contributed by atoms with Crippen molar-refractivity contribution in [2.75, 3.05) is 0 Å². The lowest BCUT2D eigenvalue weighted by atomic mass is 9.71. The third-order valence-corrected chi connectivity index (χ3v) is 5.54. The van der Waals surface area contributed by atoms with Crippen molar-refractivity contribution in [2.24, 2.45) is 11.3 Å². The monoisotopic (exact) mass is 279 g/mol. The highest BCUT2D eigenvalue weighted by atomic mass is 16.1.